The Morgan fingerprint density at radius 2 is 1.16 bits per heavy atom. The van der Waals surface area contributed by atoms with Gasteiger partial charge in [0.1, 0.15) is 19.3 Å². The normalized spacial score (nSPS) is 16.3. The largest absolute Gasteiger partial charge is 0.463 e. The Morgan fingerprint density at radius 1 is 0.721 bits per heavy atom. The molecule has 0 spiro atoms. The van der Waals surface area contributed by atoms with E-state index >= 15 is 0 Å². The van der Waals surface area contributed by atoms with E-state index in [9.17, 15) is 34.5 Å². The lowest BCUT2D eigenvalue weighted by atomic mass is 9.99. The van der Waals surface area contributed by atoms with Gasteiger partial charge in [0.15, 0.2) is 0 Å². The predicted octanol–water partition coefficient (Wildman–Crippen LogP) is 2.13. The van der Waals surface area contributed by atoms with Crippen molar-refractivity contribution in [1.82, 2.24) is 0 Å². The Bertz CT molecular complexity index is 1010. The minimum atomic E-state index is -1.14. The Balaban J connectivity index is 2.49. The van der Waals surface area contributed by atoms with Crippen LogP contribution in [-0.4, -0.2) is 106 Å². The fraction of sp³-hybridized carbons (Fsp3) is 0.667. The second-order valence-corrected chi connectivity index (χ2v) is 12.1. The summed E-state index contributed by atoms with van der Waals surface area (Å²) < 4.78 is 20.6. The van der Waals surface area contributed by atoms with E-state index in [1.54, 1.807) is 34.6 Å². The van der Waals surface area contributed by atoms with Gasteiger partial charge in [-0.15, -0.1) is 0 Å². The van der Waals surface area contributed by atoms with Crippen LogP contribution < -0.4 is 0 Å². The minimum absolute atomic E-state index is 0.0631. The van der Waals surface area contributed by atoms with Crippen LogP contribution in [0.25, 0.3) is 0 Å². The molecule has 0 radical (unpaired) electrons. The molecule has 0 aliphatic rings. The van der Waals surface area contributed by atoms with Crippen LogP contribution in [0.2, 0.25) is 0 Å². The summed E-state index contributed by atoms with van der Waals surface area (Å²) in [5, 5.41) is 39.2. The first-order valence-electron chi connectivity index (χ1n) is 14.3. The minimum Gasteiger partial charge on any atom is -0.463 e. The molecule has 7 atom stereocenters. The highest BCUT2D eigenvalue weighted by atomic mass is 32.2. The van der Waals surface area contributed by atoms with E-state index in [2.05, 4.69) is 0 Å². The molecule has 0 heterocycles. The van der Waals surface area contributed by atoms with Gasteiger partial charge in [0.25, 0.3) is 0 Å². The van der Waals surface area contributed by atoms with Crippen LogP contribution >= 0.6 is 11.8 Å². The summed E-state index contributed by atoms with van der Waals surface area (Å²) in [6.45, 7) is 9.33. The fourth-order valence-electron chi connectivity index (χ4n) is 3.53. The van der Waals surface area contributed by atoms with Crippen LogP contribution in [0.3, 0.4) is 0 Å². The van der Waals surface area contributed by atoms with Crippen molar-refractivity contribution in [3.8, 4) is 0 Å². The van der Waals surface area contributed by atoms with E-state index in [1.165, 1.54) is 36.0 Å². The number of carbonyl (C=O) groups excluding carboxylic acids is 4. The number of hydrogen-bond acceptors (Lipinski definition) is 13. The summed E-state index contributed by atoms with van der Waals surface area (Å²) in [7, 11) is 0. The number of hydrogen-bond donors (Lipinski definition) is 4. The standard InChI is InChI=1S/C30H46O12S/c1-17(2)41-27(35)11-12-28(36)42-20(5)18(3)25(33)14-39-29(37)22-7-9-23(10-8-22)30(38)40-15-26(34)19(4)21(6)43-16-24(32)13-31/h7-10,17-21,24-26,31-34H,11-16H2,1-6H3. The molecule has 12 nitrogen and oxygen atoms in total. The Hall–Kier alpha value is -2.71. The van der Waals surface area contributed by atoms with Crippen LogP contribution in [0.4, 0.5) is 0 Å². The highest BCUT2D eigenvalue weighted by Crippen LogP contribution is 2.23. The van der Waals surface area contributed by atoms with Gasteiger partial charge in [0, 0.05) is 16.9 Å². The van der Waals surface area contributed by atoms with Crippen LogP contribution in [0.1, 0.15) is 75.1 Å². The van der Waals surface area contributed by atoms with E-state index in [0.717, 1.165) is 0 Å². The molecule has 1 aromatic carbocycles. The molecule has 0 amide bonds. The fourth-order valence-corrected chi connectivity index (χ4v) is 4.64. The molecule has 1 aromatic rings. The SMILES string of the molecule is CC(C)OC(=O)CCC(=O)OC(C)C(C)C(O)COC(=O)c1ccc(C(=O)OCC(O)C(C)C(C)SCC(O)CO)cc1. The molecule has 0 fully saturated rings. The van der Waals surface area contributed by atoms with Gasteiger partial charge in [-0.25, -0.2) is 9.59 Å². The number of aliphatic hydroxyl groups is 4. The summed E-state index contributed by atoms with van der Waals surface area (Å²) in [4.78, 5) is 48.5. The lowest BCUT2D eigenvalue weighted by Crippen LogP contribution is -2.35. The molecule has 0 aromatic heterocycles. The van der Waals surface area contributed by atoms with Crippen molar-refractivity contribution < 1.29 is 58.6 Å². The predicted molar refractivity (Wildman–Crippen MR) is 158 cm³/mol. The van der Waals surface area contributed by atoms with Gasteiger partial charge in [-0.05, 0) is 51.0 Å². The summed E-state index contributed by atoms with van der Waals surface area (Å²) in [6, 6.07) is 5.49. The molecule has 43 heavy (non-hydrogen) atoms. The average molecular weight is 631 g/mol. The molecule has 4 N–H and O–H groups in total. The van der Waals surface area contributed by atoms with E-state index in [4.69, 9.17) is 24.1 Å². The van der Waals surface area contributed by atoms with E-state index in [0.29, 0.717) is 5.75 Å². The second kappa shape index (κ2) is 19.5. The zero-order chi connectivity index (χ0) is 32.7. The smallest absolute Gasteiger partial charge is 0.338 e. The highest BCUT2D eigenvalue weighted by Gasteiger charge is 2.26. The van der Waals surface area contributed by atoms with E-state index in [1.807, 2.05) is 6.92 Å². The molecule has 244 valence electrons. The van der Waals surface area contributed by atoms with Crippen molar-refractivity contribution >= 4 is 35.6 Å². The van der Waals surface area contributed by atoms with Crippen molar-refractivity contribution in [2.75, 3.05) is 25.6 Å². The van der Waals surface area contributed by atoms with E-state index in [-0.39, 0.29) is 61.1 Å². The van der Waals surface area contributed by atoms with Crippen molar-refractivity contribution in [1.29, 1.82) is 0 Å². The number of aliphatic hydroxyl groups excluding tert-OH is 4. The summed E-state index contributed by atoms with van der Waals surface area (Å²) in [5.74, 6) is -3.07. The highest BCUT2D eigenvalue weighted by molar-refractivity contribution is 7.99. The number of rotatable bonds is 19. The molecule has 0 bridgehead atoms. The van der Waals surface area contributed by atoms with Crippen LogP contribution in [-0.2, 0) is 28.5 Å². The van der Waals surface area contributed by atoms with Gasteiger partial charge in [-0.3, -0.25) is 9.59 Å². The number of benzene rings is 1. The monoisotopic (exact) mass is 630 g/mol. The number of ether oxygens (including phenoxy) is 4. The topological polar surface area (TPSA) is 186 Å². The van der Waals surface area contributed by atoms with Crippen LogP contribution in [0, 0.1) is 11.8 Å². The Morgan fingerprint density at radius 3 is 1.60 bits per heavy atom. The third kappa shape index (κ3) is 14.5. The van der Waals surface area contributed by atoms with E-state index < -0.39 is 54.2 Å². The maximum atomic E-state index is 12.5. The third-order valence-electron chi connectivity index (χ3n) is 6.80. The lowest BCUT2D eigenvalue weighted by Gasteiger charge is -2.25. The van der Waals surface area contributed by atoms with Crippen molar-refractivity contribution in [2.45, 2.75) is 90.2 Å². The maximum absolute atomic E-state index is 12.5. The summed E-state index contributed by atoms with van der Waals surface area (Å²) in [5.41, 5.74) is 0.292. The van der Waals surface area contributed by atoms with Gasteiger partial charge in [-0.2, -0.15) is 11.8 Å². The number of thioether (sulfide) groups is 1. The van der Waals surface area contributed by atoms with Gasteiger partial charge in [-0.1, -0.05) is 20.8 Å². The average Bonchev–Trinajstić information content (AvgIpc) is 2.98. The van der Waals surface area contributed by atoms with Gasteiger partial charge in [0.05, 0.1) is 55.0 Å². The molecular formula is C30H46O12S. The molecule has 1 rings (SSSR count). The Kier molecular flexibility index (Phi) is 17.4. The summed E-state index contributed by atoms with van der Waals surface area (Å²) in [6.07, 6.45) is -4.20. The van der Waals surface area contributed by atoms with Crippen LogP contribution in [0.15, 0.2) is 24.3 Å². The van der Waals surface area contributed by atoms with Crippen molar-refractivity contribution in [3.63, 3.8) is 0 Å². The first-order chi connectivity index (χ1) is 20.2. The molecule has 13 heteroatoms. The maximum Gasteiger partial charge on any atom is 0.338 e. The molecule has 0 aliphatic carbocycles. The zero-order valence-electron chi connectivity index (χ0n) is 25.6. The first-order valence-corrected chi connectivity index (χ1v) is 15.3. The quantitative estimate of drug-likeness (QED) is 0.129. The summed E-state index contributed by atoms with van der Waals surface area (Å²) >= 11 is 1.39. The number of esters is 4. The number of carbonyl (C=O) groups is 4. The zero-order valence-corrected chi connectivity index (χ0v) is 26.5. The van der Waals surface area contributed by atoms with Gasteiger partial charge < -0.3 is 39.4 Å². The van der Waals surface area contributed by atoms with Crippen molar-refractivity contribution in [3.05, 3.63) is 35.4 Å². The molecule has 0 aliphatic heterocycles. The molecule has 7 unspecified atom stereocenters. The molecule has 0 saturated heterocycles. The first kappa shape index (κ1) is 38.3. The van der Waals surface area contributed by atoms with Crippen molar-refractivity contribution in [2.24, 2.45) is 11.8 Å². The second-order valence-electron chi connectivity index (χ2n) is 10.7. The van der Waals surface area contributed by atoms with Crippen LogP contribution in [0.5, 0.6) is 0 Å². The lowest BCUT2D eigenvalue weighted by molar-refractivity contribution is -0.157. The molecule has 0 saturated carbocycles. The molecular weight excluding hydrogens is 584 g/mol. The van der Waals surface area contributed by atoms with Gasteiger partial charge in [0.2, 0.25) is 0 Å². The Labute approximate surface area is 257 Å². The van der Waals surface area contributed by atoms with Gasteiger partial charge >= 0.3 is 23.9 Å². The third-order valence-corrected chi connectivity index (χ3v) is 8.33.